The number of morpholine rings is 1. The van der Waals surface area contributed by atoms with E-state index in [1.54, 1.807) is 12.4 Å². The average Bonchev–Trinajstić information content (AvgIpc) is 2.71. The molecule has 4 rings (SSSR count). The predicted octanol–water partition coefficient (Wildman–Crippen LogP) is 2.23. The van der Waals surface area contributed by atoms with E-state index in [1.165, 1.54) is 0 Å². The van der Waals surface area contributed by atoms with E-state index in [4.69, 9.17) is 10.5 Å². The number of ether oxygens (including phenoxy) is 1. The third-order valence-electron chi connectivity index (χ3n) is 4.31. The number of hydrogen-bond acceptors (Lipinski definition) is 8. The van der Waals surface area contributed by atoms with Gasteiger partial charge in [-0.3, -0.25) is 0 Å². The van der Waals surface area contributed by atoms with Gasteiger partial charge < -0.3 is 21.1 Å². The van der Waals surface area contributed by atoms with Gasteiger partial charge in [0.25, 0.3) is 0 Å². The van der Waals surface area contributed by atoms with Crippen LogP contribution in [-0.2, 0) is 4.74 Å². The van der Waals surface area contributed by atoms with Crippen LogP contribution in [0.3, 0.4) is 0 Å². The number of nitrogens with zero attached hydrogens (tertiary/aromatic N) is 4. The predicted molar refractivity (Wildman–Crippen MR) is 103 cm³/mol. The van der Waals surface area contributed by atoms with E-state index in [0.29, 0.717) is 12.4 Å². The molecule has 1 fully saturated rings. The summed E-state index contributed by atoms with van der Waals surface area (Å²) in [5, 5.41) is 6.59. The molecule has 27 heavy (non-hydrogen) atoms. The molecule has 0 aliphatic carbocycles. The number of anilines is 3. The number of rotatable bonds is 4. The molecule has 3 heterocycles. The van der Waals surface area contributed by atoms with Gasteiger partial charge in [-0.05, 0) is 30.7 Å². The van der Waals surface area contributed by atoms with Crippen molar-refractivity contribution in [2.45, 2.75) is 13.0 Å². The van der Waals surface area contributed by atoms with Crippen LogP contribution in [0.1, 0.15) is 17.5 Å². The number of benzene rings is 1. The van der Waals surface area contributed by atoms with Crippen LogP contribution in [0.25, 0.3) is 11.3 Å². The van der Waals surface area contributed by atoms with E-state index >= 15 is 0 Å². The van der Waals surface area contributed by atoms with Crippen LogP contribution in [-0.4, -0.2) is 39.6 Å². The molecule has 1 atom stereocenters. The van der Waals surface area contributed by atoms with Gasteiger partial charge in [-0.15, -0.1) is 0 Å². The first-order valence-electron chi connectivity index (χ1n) is 8.81. The van der Waals surface area contributed by atoms with Gasteiger partial charge in [0.05, 0.1) is 12.3 Å². The molecule has 138 valence electrons. The Bertz CT molecular complexity index is 924. The molecule has 0 saturated carbocycles. The summed E-state index contributed by atoms with van der Waals surface area (Å²) in [6.45, 7) is 4.21. The first-order chi connectivity index (χ1) is 13.2. The Hall–Kier alpha value is -3.10. The first kappa shape index (κ1) is 17.3. The summed E-state index contributed by atoms with van der Waals surface area (Å²) in [6, 6.07) is 9.78. The molecule has 1 aromatic carbocycles. The van der Waals surface area contributed by atoms with Crippen molar-refractivity contribution in [2.75, 3.05) is 30.7 Å². The maximum Gasteiger partial charge on any atom is 0.220 e. The van der Waals surface area contributed by atoms with Gasteiger partial charge in [-0.1, -0.05) is 12.1 Å². The maximum atomic E-state index is 5.72. The van der Waals surface area contributed by atoms with Crippen molar-refractivity contribution in [1.82, 2.24) is 25.3 Å². The smallest absolute Gasteiger partial charge is 0.220 e. The lowest BCUT2D eigenvalue weighted by molar-refractivity contribution is 0.0222. The Labute approximate surface area is 157 Å². The Morgan fingerprint density at radius 3 is 2.78 bits per heavy atom. The van der Waals surface area contributed by atoms with Crippen molar-refractivity contribution >= 4 is 17.5 Å². The molecule has 0 radical (unpaired) electrons. The molecule has 1 aliphatic rings. The Morgan fingerprint density at radius 2 is 2.00 bits per heavy atom. The zero-order valence-corrected chi connectivity index (χ0v) is 15.0. The highest BCUT2D eigenvalue weighted by molar-refractivity contribution is 5.67. The van der Waals surface area contributed by atoms with Crippen molar-refractivity contribution < 1.29 is 4.74 Å². The van der Waals surface area contributed by atoms with Crippen LogP contribution in [0.4, 0.5) is 17.5 Å². The fourth-order valence-corrected chi connectivity index (χ4v) is 2.94. The molecular formula is C19H21N7O. The van der Waals surface area contributed by atoms with Crippen LogP contribution in [0.2, 0.25) is 0 Å². The van der Waals surface area contributed by atoms with E-state index in [0.717, 1.165) is 41.4 Å². The Morgan fingerprint density at radius 1 is 1.15 bits per heavy atom. The lowest BCUT2D eigenvalue weighted by atomic mass is 10.1. The van der Waals surface area contributed by atoms with E-state index in [9.17, 15) is 0 Å². The van der Waals surface area contributed by atoms with Crippen molar-refractivity contribution in [3.8, 4) is 11.3 Å². The lowest BCUT2D eigenvalue weighted by Crippen LogP contribution is -2.34. The second-order valence-electron chi connectivity index (χ2n) is 6.33. The summed E-state index contributed by atoms with van der Waals surface area (Å²) in [5.74, 6) is 1.67. The van der Waals surface area contributed by atoms with E-state index in [-0.39, 0.29) is 12.1 Å². The minimum Gasteiger partial charge on any atom is -0.368 e. The van der Waals surface area contributed by atoms with Crippen molar-refractivity contribution in [3.05, 3.63) is 54.1 Å². The molecule has 1 aliphatic heterocycles. The highest BCUT2D eigenvalue weighted by Crippen LogP contribution is 2.24. The summed E-state index contributed by atoms with van der Waals surface area (Å²) in [4.78, 5) is 17.2. The fraction of sp³-hybridized carbons (Fsp3) is 0.263. The molecule has 1 unspecified atom stereocenters. The van der Waals surface area contributed by atoms with Gasteiger partial charge in [0.15, 0.2) is 5.82 Å². The van der Waals surface area contributed by atoms with Gasteiger partial charge in [-0.2, -0.15) is 0 Å². The number of aromatic nitrogens is 4. The number of hydrogen-bond donors (Lipinski definition) is 3. The van der Waals surface area contributed by atoms with Crippen molar-refractivity contribution in [2.24, 2.45) is 0 Å². The minimum absolute atomic E-state index is 0.117. The van der Waals surface area contributed by atoms with Gasteiger partial charge in [-0.25, -0.2) is 19.9 Å². The Balaban J connectivity index is 1.51. The quantitative estimate of drug-likeness (QED) is 0.647. The summed E-state index contributed by atoms with van der Waals surface area (Å²) in [6.07, 6.45) is 3.35. The second-order valence-corrected chi connectivity index (χ2v) is 6.33. The van der Waals surface area contributed by atoms with Crippen LogP contribution in [0.15, 0.2) is 42.7 Å². The molecule has 0 spiro atoms. The average molecular weight is 363 g/mol. The van der Waals surface area contributed by atoms with Gasteiger partial charge >= 0.3 is 0 Å². The van der Waals surface area contributed by atoms with E-state index in [1.807, 2.05) is 37.3 Å². The van der Waals surface area contributed by atoms with Crippen LogP contribution in [0.5, 0.6) is 0 Å². The zero-order valence-electron chi connectivity index (χ0n) is 15.0. The molecular weight excluding hydrogens is 342 g/mol. The number of aryl methyl sites for hydroxylation is 1. The topological polar surface area (TPSA) is 111 Å². The first-order valence-corrected chi connectivity index (χ1v) is 8.81. The highest BCUT2D eigenvalue weighted by atomic mass is 16.5. The third-order valence-corrected chi connectivity index (χ3v) is 4.31. The normalized spacial score (nSPS) is 16.9. The summed E-state index contributed by atoms with van der Waals surface area (Å²) >= 11 is 0. The van der Waals surface area contributed by atoms with E-state index < -0.39 is 0 Å². The summed E-state index contributed by atoms with van der Waals surface area (Å²) in [5.41, 5.74) is 9.43. The molecule has 3 aromatic rings. The second kappa shape index (κ2) is 7.65. The Kier molecular flexibility index (Phi) is 4.91. The number of nitrogen functional groups attached to an aromatic ring is 1. The van der Waals surface area contributed by atoms with Crippen molar-refractivity contribution in [3.63, 3.8) is 0 Å². The molecule has 4 N–H and O–H groups in total. The summed E-state index contributed by atoms with van der Waals surface area (Å²) < 4.78 is 5.72. The zero-order chi connectivity index (χ0) is 18.6. The largest absolute Gasteiger partial charge is 0.368 e. The van der Waals surface area contributed by atoms with Crippen LogP contribution in [0, 0.1) is 6.92 Å². The van der Waals surface area contributed by atoms with Crippen LogP contribution >= 0.6 is 0 Å². The van der Waals surface area contributed by atoms with Crippen LogP contribution < -0.4 is 16.4 Å². The monoisotopic (exact) mass is 363 g/mol. The van der Waals surface area contributed by atoms with E-state index in [2.05, 4.69) is 30.6 Å². The number of nitrogens with one attached hydrogen (secondary N) is 2. The third kappa shape index (κ3) is 4.02. The minimum atomic E-state index is -0.117. The molecule has 2 aromatic heterocycles. The van der Waals surface area contributed by atoms with Gasteiger partial charge in [0.2, 0.25) is 5.95 Å². The highest BCUT2D eigenvalue weighted by Gasteiger charge is 2.18. The molecule has 8 nitrogen and oxygen atoms in total. The molecule has 0 amide bonds. The molecule has 0 bridgehead atoms. The van der Waals surface area contributed by atoms with Crippen molar-refractivity contribution in [1.29, 1.82) is 0 Å². The SMILES string of the molecule is Cc1cnc(N)nc1-c1ccc(Nc2ccnc(C3CNCCO3)n2)cc1. The number of nitrogens with two attached hydrogens (primary N) is 1. The maximum absolute atomic E-state index is 5.72. The molecule has 1 saturated heterocycles. The van der Waals surface area contributed by atoms with Gasteiger partial charge in [0.1, 0.15) is 11.9 Å². The molecule has 8 heteroatoms. The lowest BCUT2D eigenvalue weighted by Gasteiger charge is -2.22. The van der Waals surface area contributed by atoms with Gasteiger partial charge in [0, 0.05) is 36.7 Å². The fourth-order valence-electron chi connectivity index (χ4n) is 2.94. The standard InChI is InChI=1S/C19H21N7O/c1-12-10-23-19(20)26-17(12)13-2-4-14(5-3-13)24-16-6-7-22-18(25-16)15-11-21-8-9-27-15/h2-7,10,15,21H,8-9,11H2,1H3,(H2,20,23,26)(H,22,24,25). The summed E-state index contributed by atoms with van der Waals surface area (Å²) in [7, 11) is 0.